The standard InChI is InChI=1S/C28H30ClFN2O5.Na.H/c1-18(33)6-3-2-4-8-25(34)37-13-5-7-20-14-22-26(24(30)15-20)31-17-23(27(22)35)28(36)32-16-19-9-11-21(29)12-10-19;;/h9-12,14-15,17H,2-8,13,16H2,1H3,(H,31,35)(H,32,36);;. The van der Waals surface area contributed by atoms with Gasteiger partial charge in [-0.25, -0.2) is 4.39 Å². The van der Waals surface area contributed by atoms with Crippen LogP contribution in [0, 0.1) is 5.82 Å². The van der Waals surface area contributed by atoms with E-state index in [0.29, 0.717) is 42.7 Å². The summed E-state index contributed by atoms with van der Waals surface area (Å²) in [5.74, 6) is -1.66. The molecule has 0 aliphatic rings. The molecule has 38 heavy (non-hydrogen) atoms. The summed E-state index contributed by atoms with van der Waals surface area (Å²) in [7, 11) is 0. The summed E-state index contributed by atoms with van der Waals surface area (Å²) in [6.07, 6.45) is 5.08. The maximum absolute atomic E-state index is 14.7. The third kappa shape index (κ3) is 9.66. The third-order valence-corrected chi connectivity index (χ3v) is 6.10. The zero-order valence-electron chi connectivity index (χ0n) is 20.7. The number of unbranched alkanes of at least 4 members (excludes halogenated alkanes) is 2. The van der Waals surface area contributed by atoms with Gasteiger partial charge < -0.3 is 20.0 Å². The van der Waals surface area contributed by atoms with E-state index in [-0.39, 0.29) is 76.7 Å². The third-order valence-electron chi connectivity index (χ3n) is 5.85. The number of esters is 1. The van der Waals surface area contributed by atoms with Crippen LogP contribution in [0.2, 0.25) is 5.02 Å². The van der Waals surface area contributed by atoms with E-state index in [9.17, 15) is 23.9 Å². The summed E-state index contributed by atoms with van der Waals surface area (Å²) in [6.45, 7) is 1.95. The van der Waals surface area contributed by atoms with Gasteiger partial charge in [0.2, 0.25) is 0 Å². The molecule has 1 heterocycles. The van der Waals surface area contributed by atoms with E-state index < -0.39 is 11.7 Å². The van der Waals surface area contributed by atoms with Gasteiger partial charge >= 0.3 is 35.5 Å². The Hall–Kier alpha value is -2.52. The van der Waals surface area contributed by atoms with Gasteiger partial charge in [-0.3, -0.25) is 14.6 Å². The van der Waals surface area contributed by atoms with Gasteiger partial charge in [0.1, 0.15) is 28.4 Å². The number of carbonyl (C=O) groups is 3. The number of benzene rings is 2. The molecule has 198 valence electrons. The topological polar surface area (TPSA) is 106 Å². The van der Waals surface area contributed by atoms with Gasteiger partial charge in [-0.15, -0.1) is 0 Å². The first-order chi connectivity index (χ1) is 17.7. The molecule has 2 N–H and O–H groups in total. The molecule has 0 bridgehead atoms. The molecule has 0 saturated heterocycles. The number of aromatic hydroxyl groups is 1. The summed E-state index contributed by atoms with van der Waals surface area (Å²) >= 11 is 5.87. The number of nitrogens with one attached hydrogen (secondary N) is 1. The molecule has 1 aromatic heterocycles. The molecule has 0 aliphatic carbocycles. The molecule has 0 aliphatic heterocycles. The Morgan fingerprint density at radius 1 is 1.03 bits per heavy atom. The Kier molecular flexibility index (Phi) is 13.2. The first-order valence-corrected chi connectivity index (χ1v) is 12.6. The summed E-state index contributed by atoms with van der Waals surface area (Å²) in [5.41, 5.74) is 1.32. The van der Waals surface area contributed by atoms with Crippen molar-refractivity contribution in [1.29, 1.82) is 0 Å². The van der Waals surface area contributed by atoms with Crippen molar-refractivity contribution in [3.63, 3.8) is 0 Å². The van der Waals surface area contributed by atoms with Crippen LogP contribution in [0.25, 0.3) is 10.9 Å². The second-order valence-electron chi connectivity index (χ2n) is 8.89. The SMILES string of the molecule is CC(=O)CCCCCC(=O)OCCCc1cc(F)c2ncc(C(=O)NCc3ccc(Cl)cc3)c(O)c2c1.[NaH]. The number of rotatable bonds is 13. The van der Waals surface area contributed by atoms with E-state index in [1.807, 2.05) is 0 Å². The Balaban J connectivity index is 0.00000507. The molecule has 3 rings (SSSR count). The number of nitrogens with zero attached hydrogens (tertiary/aromatic N) is 1. The number of aromatic nitrogens is 1. The van der Waals surface area contributed by atoms with Crippen LogP contribution in [-0.2, 0) is 27.3 Å². The number of ketones is 1. The number of hydrogen-bond acceptors (Lipinski definition) is 6. The monoisotopic (exact) mass is 552 g/mol. The minimum atomic E-state index is -0.613. The van der Waals surface area contributed by atoms with Crippen LogP contribution in [-0.4, -0.2) is 63.9 Å². The van der Waals surface area contributed by atoms with Crippen molar-refractivity contribution in [3.8, 4) is 5.75 Å². The Morgan fingerprint density at radius 3 is 2.45 bits per heavy atom. The molecule has 7 nitrogen and oxygen atoms in total. The van der Waals surface area contributed by atoms with Crippen molar-refractivity contribution in [1.82, 2.24) is 10.3 Å². The second-order valence-corrected chi connectivity index (χ2v) is 9.33. The van der Waals surface area contributed by atoms with Gasteiger partial charge in [0.25, 0.3) is 5.91 Å². The quantitative estimate of drug-likeness (QED) is 0.175. The van der Waals surface area contributed by atoms with Crippen molar-refractivity contribution in [2.75, 3.05) is 6.61 Å². The van der Waals surface area contributed by atoms with E-state index >= 15 is 0 Å². The van der Waals surface area contributed by atoms with Gasteiger partial charge in [0, 0.05) is 36.0 Å². The van der Waals surface area contributed by atoms with E-state index in [1.165, 1.54) is 6.07 Å². The molecule has 1 amide bonds. The molecular formula is C28H31ClFN2NaO5. The maximum atomic E-state index is 14.7. The minimum absolute atomic E-state index is 0. The Labute approximate surface area is 248 Å². The first kappa shape index (κ1) is 31.7. The summed E-state index contributed by atoms with van der Waals surface area (Å²) in [6, 6.07) is 9.89. The fraction of sp³-hybridized carbons (Fsp3) is 0.357. The number of Topliss-reactive ketones (excluding diaryl/α,β-unsaturated/α-hetero) is 1. The number of ether oxygens (including phenoxy) is 1. The number of aryl methyl sites for hydroxylation is 1. The number of halogens is 2. The van der Waals surface area contributed by atoms with E-state index in [2.05, 4.69) is 10.3 Å². The van der Waals surface area contributed by atoms with Gasteiger partial charge in [-0.1, -0.05) is 30.2 Å². The number of hydrogen-bond donors (Lipinski definition) is 2. The Bertz CT molecular complexity index is 1270. The van der Waals surface area contributed by atoms with Crippen LogP contribution < -0.4 is 5.32 Å². The fourth-order valence-electron chi connectivity index (χ4n) is 3.85. The van der Waals surface area contributed by atoms with Crippen molar-refractivity contribution in [2.24, 2.45) is 0 Å². The van der Waals surface area contributed by atoms with Crippen molar-refractivity contribution < 1.29 is 28.6 Å². The number of pyridine rings is 1. The van der Waals surface area contributed by atoms with Crippen LogP contribution in [0.15, 0.2) is 42.6 Å². The van der Waals surface area contributed by atoms with Gasteiger partial charge in [-0.05, 0) is 68.0 Å². The van der Waals surface area contributed by atoms with Crippen molar-refractivity contribution in [3.05, 3.63) is 70.1 Å². The van der Waals surface area contributed by atoms with Crippen LogP contribution in [0.1, 0.15) is 66.9 Å². The van der Waals surface area contributed by atoms with Gasteiger partial charge in [0.05, 0.1) is 6.61 Å². The predicted molar refractivity (Wildman–Crippen MR) is 146 cm³/mol. The summed E-state index contributed by atoms with van der Waals surface area (Å²) in [4.78, 5) is 39.5. The molecule has 0 unspecified atom stereocenters. The molecule has 0 radical (unpaired) electrons. The molecule has 10 heteroatoms. The van der Waals surface area contributed by atoms with E-state index in [4.69, 9.17) is 16.3 Å². The number of fused-ring (bicyclic) bond motifs is 1. The van der Waals surface area contributed by atoms with Gasteiger partial charge in [0.15, 0.2) is 0 Å². The molecule has 0 spiro atoms. The molecular weight excluding hydrogens is 522 g/mol. The summed E-state index contributed by atoms with van der Waals surface area (Å²) in [5, 5.41) is 14.2. The van der Waals surface area contributed by atoms with Crippen LogP contribution in [0.3, 0.4) is 0 Å². The van der Waals surface area contributed by atoms with Crippen LogP contribution in [0.5, 0.6) is 5.75 Å². The molecule has 0 fully saturated rings. The number of amides is 1. The zero-order chi connectivity index (χ0) is 26.8. The number of carbonyl (C=O) groups excluding carboxylic acids is 3. The van der Waals surface area contributed by atoms with E-state index in [1.54, 1.807) is 37.3 Å². The predicted octanol–water partition coefficient (Wildman–Crippen LogP) is 5.03. The zero-order valence-corrected chi connectivity index (χ0v) is 21.4. The normalized spacial score (nSPS) is 10.6. The summed E-state index contributed by atoms with van der Waals surface area (Å²) < 4.78 is 19.9. The van der Waals surface area contributed by atoms with Crippen LogP contribution in [0.4, 0.5) is 4.39 Å². The van der Waals surface area contributed by atoms with Crippen molar-refractivity contribution in [2.45, 2.75) is 58.4 Å². The van der Waals surface area contributed by atoms with E-state index in [0.717, 1.165) is 24.6 Å². The van der Waals surface area contributed by atoms with Crippen molar-refractivity contribution >= 4 is 69.7 Å². The van der Waals surface area contributed by atoms with Gasteiger partial charge in [-0.2, -0.15) is 0 Å². The molecule has 0 atom stereocenters. The average molecular weight is 553 g/mol. The second kappa shape index (κ2) is 15.8. The first-order valence-electron chi connectivity index (χ1n) is 12.2. The average Bonchev–Trinajstić information content (AvgIpc) is 2.86. The van der Waals surface area contributed by atoms with Crippen LogP contribution >= 0.6 is 11.6 Å². The fourth-order valence-corrected chi connectivity index (χ4v) is 3.97. The molecule has 2 aromatic carbocycles. The Morgan fingerprint density at radius 2 is 1.74 bits per heavy atom. The molecule has 3 aromatic rings. The molecule has 0 saturated carbocycles.